The summed E-state index contributed by atoms with van der Waals surface area (Å²) in [6.45, 7) is 15.3. The molecule has 1 atom stereocenters. The molecule has 1 fully saturated rings. The van der Waals surface area contributed by atoms with E-state index in [1.54, 1.807) is 0 Å². The summed E-state index contributed by atoms with van der Waals surface area (Å²) in [5.74, 6) is 2.56. The monoisotopic (exact) mass is 488 g/mol. The van der Waals surface area contributed by atoms with Gasteiger partial charge in [0, 0.05) is 25.2 Å². The summed E-state index contributed by atoms with van der Waals surface area (Å²) in [7, 11) is 0. The summed E-state index contributed by atoms with van der Waals surface area (Å²) >= 11 is 0. The lowest BCUT2D eigenvalue weighted by Gasteiger charge is -2.16. The second-order valence-corrected chi connectivity index (χ2v) is 7.08. The first-order chi connectivity index (χ1) is 12.7. The van der Waals surface area contributed by atoms with Crippen molar-refractivity contribution >= 4 is 29.9 Å². The zero-order valence-electron chi connectivity index (χ0n) is 17.4. The lowest BCUT2D eigenvalue weighted by atomic mass is 10.1. The topological polar surface area (TPSA) is 48.9 Å². The lowest BCUT2D eigenvalue weighted by molar-refractivity contribution is 0.314. The number of benzene rings is 1. The van der Waals surface area contributed by atoms with Gasteiger partial charge in [-0.15, -0.1) is 24.0 Å². The zero-order valence-corrected chi connectivity index (χ0v) is 19.7. The third-order valence-corrected chi connectivity index (χ3v) is 4.81. The van der Waals surface area contributed by atoms with Crippen LogP contribution in [0.4, 0.5) is 0 Å². The Hall–Kier alpha value is -1.02. The van der Waals surface area contributed by atoms with Crippen LogP contribution in [-0.4, -0.2) is 50.2 Å². The van der Waals surface area contributed by atoms with Crippen LogP contribution in [0.15, 0.2) is 23.2 Å². The molecule has 0 spiro atoms. The van der Waals surface area contributed by atoms with Gasteiger partial charge < -0.3 is 20.3 Å². The Kier molecular flexibility index (Phi) is 11.7. The standard InChI is InChI=1S/C21H36N4O.HI/c1-5-12-26-20-13-17(4)8-9-19(20)15-24-21(22-6-2)23-14-18-10-11-25(7-3)16-18;/h8-9,13,18H,5-7,10-12,14-16H2,1-4H3,(H2,22,23,24);1H. The number of aryl methyl sites for hydroxylation is 1. The van der Waals surface area contributed by atoms with Crippen molar-refractivity contribution in [2.75, 3.05) is 39.3 Å². The molecule has 1 heterocycles. The van der Waals surface area contributed by atoms with Gasteiger partial charge in [0.2, 0.25) is 0 Å². The maximum absolute atomic E-state index is 5.91. The van der Waals surface area contributed by atoms with Crippen LogP contribution >= 0.6 is 24.0 Å². The molecule has 0 bridgehead atoms. The minimum Gasteiger partial charge on any atom is -0.493 e. The number of hydrogen-bond donors (Lipinski definition) is 2. The third kappa shape index (κ3) is 8.25. The molecule has 1 saturated heterocycles. The highest BCUT2D eigenvalue weighted by molar-refractivity contribution is 14.0. The van der Waals surface area contributed by atoms with E-state index < -0.39 is 0 Å². The summed E-state index contributed by atoms with van der Waals surface area (Å²) in [4.78, 5) is 7.30. The van der Waals surface area contributed by atoms with Gasteiger partial charge in [0.1, 0.15) is 5.75 Å². The van der Waals surface area contributed by atoms with Crippen LogP contribution in [0.5, 0.6) is 5.75 Å². The van der Waals surface area contributed by atoms with E-state index in [-0.39, 0.29) is 24.0 Å². The average Bonchev–Trinajstić information content (AvgIpc) is 3.11. The van der Waals surface area contributed by atoms with Crippen molar-refractivity contribution in [2.24, 2.45) is 10.9 Å². The SMILES string of the molecule is CCCOc1cc(C)ccc1CN=C(NCC)NCC1CCN(CC)C1.I. The predicted molar refractivity (Wildman–Crippen MR) is 125 cm³/mol. The summed E-state index contributed by atoms with van der Waals surface area (Å²) in [6.07, 6.45) is 2.28. The Morgan fingerprint density at radius 2 is 2.07 bits per heavy atom. The Balaban J connectivity index is 0.00000364. The normalized spacial score (nSPS) is 17.5. The first-order valence-electron chi connectivity index (χ1n) is 10.1. The largest absolute Gasteiger partial charge is 0.493 e. The highest BCUT2D eigenvalue weighted by Gasteiger charge is 2.21. The van der Waals surface area contributed by atoms with Crippen LogP contribution in [0, 0.1) is 12.8 Å². The fourth-order valence-electron chi connectivity index (χ4n) is 3.25. The molecule has 27 heavy (non-hydrogen) atoms. The third-order valence-electron chi connectivity index (χ3n) is 4.81. The van der Waals surface area contributed by atoms with Crippen molar-refractivity contribution in [3.8, 4) is 5.75 Å². The van der Waals surface area contributed by atoms with Crippen LogP contribution < -0.4 is 15.4 Å². The molecular weight excluding hydrogens is 451 g/mol. The second kappa shape index (κ2) is 13.2. The maximum atomic E-state index is 5.91. The van der Waals surface area contributed by atoms with Crippen molar-refractivity contribution in [3.63, 3.8) is 0 Å². The van der Waals surface area contributed by atoms with Crippen molar-refractivity contribution in [1.82, 2.24) is 15.5 Å². The molecule has 5 nitrogen and oxygen atoms in total. The van der Waals surface area contributed by atoms with Crippen molar-refractivity contribution in [1.29, 1.82) is 0 Å². The Labute approximate surface area is 182 Å². The molecule has 2 N–H and O–H groups in total. The van der Waals surface area contributed by atoms with Crippen molar-refractivity contribution < 1.29 is 4.74 Å². The van der Waals surface area contributed by atoms with Gasteiger partial charge in [-0.25, -0.2) is 4.99 Å². The molecule has 0 saturated carbocycles. The van der Waals surface area contributed by atoms with E-state index in [9.17, 15) is 0 Å². The van der Waals surface area contributed by atoms with E-state index in [0.29, 0.717) is 12.5 Å². The molecule has 6 heteroatoms. The molecule has 0 amide bonds. The molecule has 0 aliphatic carbocycles. The summed E-state index contributed by atoms with van der Waals surface area (Å²) in [5, 5.41) is 6.88. The number of halogens is 1. The fourth-order valence-corrected chi connectivity index (χ4v) is 3.25. The van der Waals surface area contributed by atoms with Gasteiger partial charge in [-0.1, -0.05) is 26.0 Å². The van der Waals surface area contributed by atoms with E-state index >= 15 is 0 Å². The van der Waals surface area contributed by atoms with Crippen molar-refractivity contribution in [2.45, 2.75) is 47.1 Å². The molecule has 0 radical (unpaired) electrons. The molecule has 1 aromatic rings. The number of guanidine groups is 1. The highest BCUT2D eigenvalue weighted by Crippen LogP contribution is 2.21. The van der Waals surface area contributed by atoms with Crippen LogP contribution in [0.2, 0.25) is 0 Å². The number of hydrogen-bond acceptors (Lipinski definition) is 3. The van der Waals surface area contributed by atoms with Crippen LogP contribution in [0.3, 0.4) is 0 Å². The fraction of sp³-hybridized carbons (Fsp3) is 0.667. The number of nitrogens with one attached hydrogen (secondary N) is 2. The molecule has 1 aliphatic rings. The molecule has 0 aromatic heterocycles. The smallest absolute Gasteiger partial charge is 0.191 e. The van der Waals surface area contributed by atoms with Gasteiger partial charge in [0.25, 0.3) is 0 Å². The van der Waals surface area contributed by atoms with Gasteiger partial charge in [-0.2, -0.15) is 0 Å². The van der Waals surface area contributed by atoms with E-state index in [2.05, 4.69) is 61.4 Å². The summed E-state index contributed by atoms with van der Waals surface area (Å²) in [6, 6.07) is 6.37. The minimum absolute atomic E-state index is 0. The molecule has 2 rings (SSSR count). The second-order valence-electron chi connectivity index (χ2n) is 7.08. The first kappa shape index (κ1) is 24.0. The van der Waals surface area contributed by atoms with E-state index in [4.69, 9.17) is 9.73 Å². The summed E-state index contributed by atoms with van der Waals surface area (Å²) in [5.41, 5.74) is 2.36. The molecule has 1 aromatic carbocycles. The number of aliphatic imine (C=N–C) groups is 1. The maximum Gasteiger partial charge on any atom is 0.191 e. The van der Waals surface area contributed by atoms with Gasteiger partial charge in [-0.05, 0) is 57.3 Å². The van der Waals surface area contributed by atoms with Gasteiger partial charge in [0.05, 0.1) is 13.2 Å². The average molecular weight is 488 g/mol. The van der Waals surface area contributed by atoms with E-state index in [0.717, 1.165) is 49.9 Å². The summed E-state index contributed by atoms with van der Waals surface area (Å²) < 4.78 is 5.91. The Morgan fingerprint density at radius 1 is 1.26 bits per heavy atom. The zero-order chi connectivity index (χ0) is 18.8. The van der Waals surface area contributed by atoms with Crippen LogP contribution in [0.1, 0.15) is 44.7 Å². The van der Waals surface area contributed by atoms with Crippen molar-refractivity contribution in [3.05, 3.63) is 29.3 Å². The highest BCUT2D eigenvalue weighted by atomic mass is 127. The molecule has 1 unspecified atom stereocenters. The van der Waals surface area contributed by atoms with Gasteiger partial charge in [-0.3, -0.25) is 0 Å². The van der Waals surface area contributed by atoms with Gasteiger partial charge >= 0.3 is 0 Å². The van der Waals surface area contributed by atoms with Crippen LogP contribution in [-0.2, 0) is 6.54 Å². The number of likely N-dealkylation sites (tertiary alicyclic amines) is 1. The van der Waals surface area contributed by atoms with Gasteiger partial charge in [0.15, 0.2) is 5.96 Å². The number of rotatable bonds is 9. The molecule has 1 aliphatic heterocycles. The Morgan fingerprint density at radius 3 is 2.74 bits per heavy atom. The Bertz CT molecular complexity index is 579. The first-order valence-corrected chi connectivity index (χ1v) is 10.1. The number of ether oxygens (including phenoxy) is 1. The van der Waals surface area contributed by atoms with E-state index in [1.165, 1.54) is 25.1 Å². The van der Waals surface area contributed by atoms with E-state index in [1.807, 2.05) is 0 Å². The lowest BCUT2D eigenvalue weighted by Crippen LogP contribution is -2.40. The predicted octanol–water partition coefficient (Wildman–Crippen LogP) is 3.80. The molecule has 154 valence electrons. The minimum atomic E-state index is 0. The number of nitrogens with zero attached hydrogens (tertiary/aromatic N) is 2. The molecular formula is C21H37IN4O. The quantitative estimate of drug-likeness (QED) is 0.316. The van der Waals surface area contributed by atoms with Crippen LogP contribution in [0.25, 0.3) is 0 Å².